The molecule has 1 N–H and O–H groups in total. The minimum absolute atomic E-state index is 0.214. The molecular weight excluding hydrogens is 218 g/mol. The van der Waals surface area contributed by atoms with Gasteiger partial charge in [-0.05, 0) is 38.9 Å². The third-order valence-electron chi connectivity index (χ3n) is 3.48. The molecule has 0 aromatic rings. The van der Waals surface area contributed by atoms with Gasteiger partial charge in [0.15, 0.2) is 0 Å². The summed E-state index contributed by atoms with van der Waals surface area (Å²) in [7, 11) is 0. The number of hydrogen-bond donors (Lipinski definition) is 1. The van der Waals surface area contributed by atoms with Crippen molar-refractivity contribution in [3.05, 3.63) is 11.6 Å². The van der Waals surface area contributed by atoms with E-state index in [2.05, 4.69) is 25.2 Å². The second-order valence-corrected chi connectivity index (χ2v) is 6.32. The van der Waals surface area contributed by atoms with Crippen molar-refractivity contribution in [2.24, 2.45) is 0 Å². The van der Waals surface area contributed by atoms with Crippen molar-refractivity contribution in [3.8, 4) is 0 Å². The third kappa shape index (κ3) is 3.25. The van der Waals surface area contributed by atoms with Crippen molar-refractivity contribution in [2.75, 3.05) is 24.7 Å². The van der Waals surface area contributed by atoms with Crippen LogP contribution >= 0.6 is 11.8 Å². The molecule has 2 heterocycles. The zero-order valence-corrected chi connectivity index (χ0v) is 11.2. The lowest BCUT2D eigenvalue weighted by atomic mass is 9.90. The first-order valence-corrected chi connectivity index (χ1v) is 7.44. The number of thioether (sulfide) groups is 1. The topological polar surface area (TPSA) is 21.3 Å². The van der Waals surface area contributed by atoms with Crippen LogP contribution in [-0.2, 0) is 4.74 Å². The maximum atomic E-state index is 6.01. The second kappa shape index (κ2) is 5.56. The first-order chi connectivity index (χ1) is 7.70. The van der Waals surface area contributed by atoms with Gasteiger partial charge < -0.3 is 10.1 Å². The molecule has 3 heteroatoms. The molecule has 0 aromatic heterocycles. The molecule has 2 fully saturated rings. The average molecular weight is 241 g/mol. The fraction of sp³-hybridized carbons (Fsp3) is 0.846. The van der Waals surface area contributed by atoms with Gasteiger partial charge in [0.1, 0.15) is 0 Å². The van der Waals surface area contributed by atoms with E-state index in [0.717, 1.165) is 13.2 Å². The molecule has 2 atom stereocenters. The van der Waals surface area contributed by atoms with Gasteiger partial charge in [-0.25, -0.2) is 0 Å². The van der Waals surface area contributed by atoms with Crippen molar-refractivity contribution < 1.29 is 4.74 Å². The fourth-order valence-electron chi connectivity index (χ4n) is 2.50. The lowest BCUT2D eigenvalue weighted by Gasteiger charge is -2.38. The monoisotopic (exact) mass is 241 g/mol. The van der Waals surface area contributed by atoms with E-state index in [9.17, 15) is 0 Å². The molecule has 0 amide bonds. The Labute approximate surface area is 103 Å². The highest BCUT2D eigenvalue weighted by molar-refractivity contribution is 7.99. The summed E-state index contributed by atoms with van der Waals surface area (Å²) in [5, 5.41) is 3.64. The molecule has 2 saturated heterocycles. The maximum Gasteiger partial charge on any atom is 0.0795 e. The van der Waals surface area contributed by atoms with Crippen LogP contribution in [0.4, 0.5) is 0 Å². The quantitative estimate of drug-likeness (QED) is 0.767. The minimum atomic E-state index is 0.214. The van der Waals surface area contributed by atoms with Crippen LogP contribution in [0.25, 0.3) is 0 Å². The van der Waals surface area contributed by atoms with Crippen LogP contribution in [0, 0.1) is 0 Å². The largest absolute Gasteiger partial charge is 0.374 e. The molecule has 0 aliphatic carbocycles. The summed E-state index contributed by atoms with van der Waals surface area (Å²) in [6.07, 6.45) is 5.89. The van der Waals surface area contributed by atoms with Gasteiger partial charge in [-0.1, -0.05) is 11.6 Å². The lowest BCUT2D eigenvalue weighted by Crippen LogP contribution is -2.47. The normalized spacial score (nSPS) is 34.2. The molecule has 16 heavy (non-hydrogen) atoms. The van der Waals surface area contributed by atoms with Gasteiger partial charge in [-0.2, -0.15) is 11.8 Å². The van der Waals surface area contributed by atoms with Crippen LogP contribution in [0.1, 0.15) is 33.1 Å². The number of rotatable bonds is 3. The van der Waals surface area contributed by atoms with Crippen LogP contribution in [-0.4, -0.2) is 36.3 Å². The molecule has 0 radical (unpaired) electrons. The number of allylic oxidation sites excluding steroid dienone is 1. The van der Waals surface area contributed by atoms with E-state index < -0.39 is 0 Å². The van der Waals surface area contributed by atoms with Gasteiger partial charge in [0.2, 0.25) is 0 Å². The fourth-order valence-corrected chi connectivity index (χ4v) is 3.87. The zero-order valence-electron chi connectivity index (χ0n) is 10.4. The van der Waals surface area contributed by atoms with Gasteiger partial charge in [0.25, 0.3) is 0 Å². The highest BCUT2D eigenvalue weighted by Gasteiger charge is 2.40. The Morgan fingerprint density at radius 2 is 2.44 bits per heavy atom. The molecule has 2 aliphatic rings. The summed E-state index contributed by atoms with van der Waals surface area (Å²) >= 11 is 2.05. The Balaban J connectivity index is 1.80. The van der Waals surface area contributed by atoms with E-state index in [0.29, 0.717) is 6.04 Å². The van der Waals surface area contributed by atoms with E-state index in [-0.39, 0.29) is 5.60 Å². The van der Waals surface area contributed by atoms with E-state index in [1.807, 2.05) is 11.8 Å². The zero-order chi connectivity index (χ0) is 11.4. The summed E-state index contributed by atoms with van der Waals surface area (Å²) in [5.41, 5.74) is 1.61. The first kappa shape index (κ1) is 12.5. The predicted octanol–water partition coefficient (Wildman–Crippen LogP) is 2.60. The lowest BCUT2D eigenvalue weighted by molar-refractivity contribution is -0.0696. The standard InChI is InChI=1S/C13H23NOS/c1-11(2)3-6-14-12-4-7-15-13(9-12)5-8-16-10-13/h3,12,14H,4-10H2,1-2H3. The highest BCUT2D eigenvalue weighted by Crippen LogP contribution is 2.38. The van der Waals surface area contributed by atoms with Crippen molar-refractivity contribution in [1.82, 2.24) is 5.32 Å². The van der Waals surface area contributed by atoms with Gasteiger partial charge in [0.05, 0.1) is 5.60 Å². The molecule has 92 valence electrons. The van der Waals surface area contributed by atoms with E-state index in [1.165, 1.54) is 36.3 Å². The second-order valence-electron chi connectivity index (χ2n) is 5.21. The SMILES string of the molecule is CC(C)=CCNC1CCOC2(CCSC2)C1. The summed E-state index contributed by atoms with van der Waals surface area (Å²) < 4.78 is 6.01. The van der Waals surface area contributed by atoms with Gasteiger partial charge >= 0.3 is 0 Å². The molecule has 2 nitrogen and oxygen atoms in total. The Morgan fingerprint density at radius 3 is 3.12 bits per heavy atom. The van der Waals surface area contributed by atoms with Crippen molar-refractivity contribution >= 4 is 11.8 Å². The van der Waals surface area contributed by atoms with Crippen molar-refractivity contribution in [1.29, 1.82) is 0 Å². The molecule has 2 rings (SSSR count). The smallest absolute Gasteiger partial charge is 0.0795 e. The Bertz CT molecular complexity index is 255. The van der Waals surface area contributed by atoms with Crippen LogP contribution in [0.3, 0.4) is 0 Å². The molecule has 1 spiro atoms. The van der Waals surface area contributed by atoms with Crippen molar-refractivity contribution in [3.63, 3.8) is 0 Å². The molecular formula is C13H23NOS. The summed E-state index contributed by atoms with van der Waals surface area (Å²) in [6.45, 7) is 6.25. The Morgan fingerprint density at radius 1 is 1.56 bits per heavy atom. The minimum Gasteiger partial charge on any atom is -0.374 e. The molecule has 2 aliphatic heterocycles. The van der Waals surface area contributed by atoms with Crippen LogP contribution in [0.2, 0.25) is 0 Å². The van der Waals surface area contributed by atoms with Gasteiger partial charge in [0, 0.05) is 24.9 Å². The van der Waals surface area contributed by atoms with Crippen LogP contribution in [0.5, 0.6) is 0 Å². The molecule has 0 aromatic carbocycles. The van der Waals surface area contributed by atoms with Gasteiger partial charge in [-0.3, -0.25) is 0 Å². The van der Waals surface area contributed by atoms with Crippen LogP contribution in [0.15, 0.2) is 11.6 Å². The molecule has 0 saturated carbocycles. The van der Waals surface area contributed by atoms with Crippen molar-refractivity contribution in [2.45, 2.75) is 44.8 Å². The average Bonchev–Trinajstić information content (AvgIpc) is 2.66. The van der Waals surface area contributed by atoms with E-state index in [4.69, 9.17) is 4.74 Å². The summed E-state index contributed by atoms with van der Waals surface area (Å²) in [4.78, 5) is 0. The number of ether oxygens (including phenoxy) is 1. The van der Waals surface area contributed by atoms with Gasteiger partial charge in [-0.15, -0.1) is 0 Å². The van der Waals surface area contributed by atoms with Crippen LogP contribution < -0.4 is 5.32 Å². The Kier molecular flexibility index (Phi) is 4.34. The molecule has 2 unspecified atom stereocenters. The van der Waals surface area contributed by atoms with E-state index >= 15 is 0 Å². The third-order valence-corrected chi connectivity index (χ3v) is 4.70. The Hall–Kier alpha value is 0.0100. The number of nitrogens with one attached hydrogen (secondary N) is 1. The number of hydrogen-bond acceptors (Lipinski definition) is 3. The maximum absolute atomic E-state index is 6.01. The predicted molar refractivity (Wildman–Crippen MR) is 71.1 cm³/mol. The summed E-state index contributed by atoms with van der Waals surface area (Å²) in [6, 6.07) is 0.656. The highest BCUT2D eigenvalue weighted by atomic mass is 32.2. The van der Waals surface area contributed by atoms with E-state index in [1.54, 1.807) is 0 Å². The molecule has 0 bridgehead atoms. The first-order valence-electron chi connectivity index (χ1n) is 6.29. The summed E-state index contributed by atoms with van der Waals surface area (Å²) in [5.74, 6) is 2.48.